The minimum atomic E-state index is 0.390. The Balaban J connectivity index is 2.17. The van der Waals surface area contributed by atoms with E-state index >= 15 is 0 Å². The second kappa shape index (κ2) is 6.50. The van der Waals surface area contributed by atoms with Gasteiger partial charge in [-0.25, -0.2) is 9.97 Å². The van der Waals surface area contributed by atoms with E-state index in [-0.39, 0.29) is 0 Å². The number of aryl methyl sites for hydroxylation is 1. The predicted molar refractivity (Wildman–Crippen MR) is 81.1 cm³/mol. The minimum Gasteiger partial charge on any atom is -0.232 e. The van der Waals surface area contributed by atoms with Gasteiger partial charge in [0.25, 0.3) is 0 Å². The average Bonchev–Trinajstić information content (AvgIpc) is 2.38. The summed E-state index contributed by atoms with van der Waals surface area (Å²) < 4.78 is 0. The van der Waals surface area contributed by atoms with Gasteiger partial charge in [-0.3, -0.25) is 0 Å². The van der Waals surface area contributed by atoms with E-state index in [1.807, 2.05) is 42.5 Å². The molecule has 0 N–H and O–H groups in total. The van der Waals surface area contributed by atoms with Crippen LogP contribution in [0.25, 0.3) is 11.1 Å². The molecule has 0 spiro atoms. The van der Waals surface area contributed by atoms with Crippen molar-refractivity contribution in [1.82, 2.24) is 9.97 Å². The summed E-state index contributed by atoms with van der Waals surface area (Å²) in [6.45, 7) is 1.78. The van der Waals surface area contributed by atoms with Crippen molar-refractivity contribution in [2.45, 2.75) is 6.92 Å². The van der Waals surface area contributed by atoms with Crippen LogP contribution < -0.4 is 0 Å². The molecule has 1 heterocycles. The lowest BCUT2D eigenvalue weighted by Gasteiger charge is -2.00. The standard InChI is InChI=1S/C15H12Cl2N2/c1-11-18-14(10-15(17)19-11)13(16)9-5-8-12-6-3-2-4-7-12/h2-10H,1H3/b8-5+,13-9-. The average molecular weight is 291 g/mol. The second-order valence-electron chi connectivity index (χ2n) is 3.91. The van der Waals surface area contributed by atoms with Gasteiger partial charge < -0.3 is 0 Å². The highest BCUT2D eigenvalue weighted by molar-refractivity contribution is 6.48. The molecular weight excluding hydrogens is 279 g/mol. The van der Waals surface area contributed by atoms with Crippen LogP contribution in [0.1, 0.15) is 17.1 Å². The van der Waals surface area contributed by atoms with Crippen LogP contribution >= 0.6 is 23.2 Å². The van der Waals surface area contributed by atoms with E-state index in [0.717, 1.165) is 5.56 Å². The fraction of sp³-hybridized carbons (Fsp3) is 0.0667. The molecule has 0 bridgehead atoms. The van der Waals surface area contributed by atoms with Gasteiger partial charge in [-0.15, -0.1) is 0 Å². The molecule has 1 aromatic carbocycles. The van der Waals surface area contributed by atoms with Crippen molar-refractivity contribution in [1.29, 1.82) is 0 Å². The van der Waals surface area contributed by atoms with Crippen molar-refractivity contribution in [2.75, 3.05) is 0 Å². The van der Waals surface area contributed by atoms with Crippen molar-refractivity contribution in [3.8, 4) is 0 Å². The van der Waals surface area contributed by atoms with Crippen LogP contribution in [0.5, 0.6) is 0 Å². The Kier molecular flexibility index (Phi) is 4.72. The number of aromatic nitrogens is 2. The second-order valence-corrected chi connectivity index (χ2v) is 4.70. The fourth-order valence-corrected chi connectivity index (χ4v) is 1.94. The van der Waals surface area contributed by atoms with Gasteiger partial charge >= 0.3 is 0 Å². The topological polar surface area (TPSA) is 25.8 Å². The smallest absolute Gasteiger partial charge is 0.133 e. The van der Waals surface area contributed by atoms with E-state index in [0.29, 0.717) is 21.7 Å². The Hall–Kier alpha value is -1.64. The van der Waals surface area contributed by atoms with Crippen molar-refractivity contribution in [2.24, 2.45) is 0 Å². The van der Waals surface area contributed by atoms with E-state index in [1.54, 1.807) is 19.1 Å². The Morgan fingerprint density at radius 2 is 1.89 bits per heavy atom. The summed E-state index contributed by atoms with van der Waals surface area (Å²) in [5, 5.41) is 0.917. The lowest BCUT2D eigenvalue weighted by atomic mass is 10.2. The first-order valence-corrected chi connectivity index (χ1v) is 6.51. The lowest BCUT2D eigenvalue weighted by molar-refractivity contribution is 1.04. The third-order valence-corrected chi connectivity index (χ3v) is 2.90. The van der Waals surface area contributed by atoms with Crippen molar-refractivity contribution in [3.05, 3.63) is 70.8 Å². The molecule has 2 aromatic rings. The summed E-state index contributed by atoms with van der Waals surface area (Å²) in [6, 6.07) is 11.6. The molecule has 96 valence electrons. The van der Waals surface area contributed by atoms with E-state index in [9.17, 15) is 0 Å². The Morgan fingerprint density at radius 3 is 2.58 bits per heavy atom. The Morgan fingerprint density at radius 1 is 1.16 bits per heavy atom. The van der Waals surface area contributed by atoms with E-state index in [2.05, 4.69) is 9.97 Å². The normalized spacial score (nSPS) is 12.1. The molecule has 0 saturated carbocycles. The van der Waals surface area contributed by atoms with Crippen LogP contribution in [0.3, 0.4) is 0 Å². The molecular formula is C15H12Cl2N2. The molecule has 0 aliphatic heterocycles. The molecule has 0 fully saturated rings. The zero-order valence-electron chi connectivity index (χ0n) is 10.3. The third-order valence-electron chi connectivity index (χ3n) is 2.38. The molecule has 0 aliphatic rings. The highest BCUT2D eigenvalue weighted by atomic mass is 35.5. The van der Waals surface area contributed by atoms with E-state index < -0.39 is 0 Å². The zero-order chi connectivity index (χ0) is 13.7. The lowest BCUT2D eigenvalue weighted by Crippen LogP contribution is -1.92. The summed E-state index contributed by atoms with van der Waals surface area (Å²) in [5.74, 6) is 0.598. The van der Waals surface area contributed by atoms with Crippen molar-refractivity contribution < 1.29 is 0 Å². The van der Waals surface area contributed by atoms with E-state index in [4.69, 9.17) is 23.2 Å². The minimum absolute atomic E-state index is 0.390. The van der Waals surface area contributed by atoms with Gasteiger partial charge in [0.05, 0.1) is 10.7 Å². The Labute approximate surface area is 122 Å². The molecule has 0 saturated heterocycles. The molecule has 19 heavy (non-hydrogen) atoms. The summed E-state index contributed by atoms with van der Waals surface area (Å²) >= 11 is 12.0. The van der Waals surface area contributed by atoms with Crippen LogP contribution in [0, 0.1) is 6.92 Å². The maximum atomic E-state index is 6.18. The van der Waals surface area contributed by atoms with Gasteiger partial charge in [-0.1, -0.05) is 65.7 Å². The quantitative estimate of drug-likeness (QED) is 0.603. The molecule has 0 unspecified atom stereocenters. The highest BCUT2D eigenvalue weighted by Crippen LogP contribution is 2.19. The first-order valence-electron chi connectivity index (χ1n) is 5.75. The summed E-state index contributed by atoms with van der Waals surface area (Å²) in [6.07, 6.45) is 5.63. The molecule has 2 nitrogen and oxygen atoms in total. The first kappa shape index (κ1) is 13.8. The van der Waals surface area contributed by atoms with Crippen LogP contribution in [0.15, 0.2) is 48.6 Å². The van der Waals surface area contributed by atoms with E-state index in [1.165, 1.54) is 0 Å². The third kappa shape index (κ3) is 4.19. The number of halogens is 2. The maximum Gasteiger partial charge on any atom is 0.133 e. The monoisotopic (exact) mass is 290 g/mol. The summed E-state index contributed by atoms with van der Waals surface area (Å²) in [5.41, 5.74) is 1.73. The molecule has 0 atom stereocenters. The number of rotatable bonds is 3. The number of benzene rings is 1. The van der Waals surface area contributed by atoms with Crippen LogP contribution in [0.4, 0.5) is 0 Å². The zero-order valence-corrected chi connectivity index (χ0v) is 11.9. The SMILES string of the molecule is Cc1nc(Cl)cc(/C(Cl)=C/C=C/c2ccccc2)n1. The van der Waals surface area contributed by atoms with Gasteiger partial charge in [0.15, 0.2) is 0 Å². The van der Waals surface area contributed by atoms with Crippen molar-refractivity contribution in [3.63, 3.8) is 0 Å². The van der Waals surface area contributed by atoms with Gasteiger partial charge in [-0.05, 0) is 18.6 Å². The highest BCUT2D eigenvalue weighted by Gasteiger charge is 2.02. The van der Waals surface area contributed by atoms with Crippen LogP contribution in [-0.2, 0) is 0 Å². The summed E-state index contributed by atoms with van der Waals surface area (Å²) in [7, 11) is 0. The van der Waals surface area contributed by atoms with Crippen molar-refractivity contribution >= 4 is 34.3 Å². The molecule has 1 aromatic heterocycles. The molecule has 2 rings (SSSR count). The Bertz CT molecular complexity index is 599. The number of nitrogens with zero attached hydrogens (tertiary/aromatic N) is 2. The van der Waals surface area contributed by atoms with Gasteiger partial charge in [0.2, 0.25) is 0 Å². The van der Waals surface area contributed by atoms with Gasteiger partial charge in [-0.2, -0.15) is 0 Å². The predicted octanol–water partition coefficient (Wildman–Crippen LogP) is 4.73. The van der Waals surface area contributed by atoms with Crippen LogP contribution in [-0.4, -0.2) is 9.97 Å². The summed E-state index contributed by atoms with van der Waals surface area (Å²) in [4.78, 5) is 8.22. The van der Waals surface area contributed by atoms with Crippen LogP contribution in [0.2, 0.25) is 5.15 Å². The number of hydrogen-bond acceptors (Lipinski definition) is 2. The number of allylic oxidation sites excluding steroid dienone is 2. The first-order chi connectivity index (χ1) is 9.15. The van der Waals surface area contributed by atoms with Gasteiger partial charge in [0, 0.05) is 6.07 Å². The molecule has 0 aliphatic carbocycles. The molecule has 0 amide bonds. The fourth-order valence-electron chi connectivity index (χ4n) is 1.55. The maximum absolute atomic E-state index is 6.18. The number of hydrogen-bond donors (Lipinski definition) is 0. The molecule has 4 heteroatoms. The molecule has 0 radical (unpaired) electrons. The van der Waals surface area contributed by atoms with Gasteiger partial charge in [0.1, 0.15) is 11.0 Å². The largest absolute Gasteiger partial charge is 0.232 e.